The Balaban J connectivity index is 1.66. The molecular weight excluding hydrogens is 488 g/mol. The molecule has 0 unspecified atom stereocenters. The third-order valence-electron chi connectivity index (χ3n) is 5.51. The first kappa shape index (κ1) is 21.5. The molecule has 0 aliphatic rings. The normalized spacial score (nSPS) is 12.4. The number of aliphatic imine (C=N–C) groups is 2. The zero-order valence-corrected chi connectivity index (χ0v) is 20.5. The molecule has 5 aromatic rings. The Hall–Kier alpha value is -3.34. The molecule has 4 heteroatoms. The predicted molar refractivity (Wildman–Crippen MR) is 148 cm³/mol. The molecule has 0 atom stereocenters. The molecule has 5 rings (SSSR count). The van der Waals surface area contributed by atoms with Crippen molar-refractivity contribution in [1.82, 2.24) is 0 Å². The minimum Gasteiger partial charge on any atom is -0.233 e. The molecule has 0 bridgehead atoms. The fraction of sp³-hybridized carbons (Fsp3) is 0.0345. The van der Waals surface area contributed by atoms with E-state index in [9.17, 15) is 0 Å². The smallest absolute Gasteiger partial charge is 0.160 e. The van der Waals surface area contributed by atoms with Crippen LogP contribution in [-0.2, 0) is 0 Å². The molecule has 33 heavy (non-hydrogen) atoms. The summed E-state index contributed by atoms with van der Waals surface area (Å²) in [6, 6.07) is 33.0. The van der Waals surface area contributed by atoms with Crippen LogP contribution < -0.4 is 0 Å². The van der Waals surface area contributed by atoms with Crippen molar-refractivity contribution in [2.75, 3.05) is 0 Å². The highest BCUT2D eigenvalue weighted by Crippen LogP contribution is 2.39. The van der Waals surface area contributed by atoms with Crippen molar-refractivity contribution >= 4 is 64.7 Å². The molecule has 0 aliphatic heterocycles. The van der Waals surface area contributed by atoms with Gasteiger partial charge in [0.1, 0.15) is 0 Å². The number of amidine groups is 1. The standard InChI is InChI=1S/C29H21BrN2S/c1-19(21-10-5-3-6-11-21)31-29(22-12-7-4-8-13-22)32-20(2)24-14-9-15-27-28(24)25-18-23(30)16-17-26(25)33-27/h3-18H,2H2,1H3/b31-19+,32-29-. The van der Waals surface area contributed by atoms with Gasteiger partial charge in [-0.15, -0.1) is 11.3 Å². The van der Waals surface area contributed by atoms with Crippen molar-refractivity contribution in [3.05, 3.63) is 125 Å². The van der Waals surface area contributed by atoms with Gasteiger partial charge >= 0.3 is 0 Å². The second kappa shape index (κ2) is 9.26. The second-order valence-electron chi connectivity index (χ2n) is 7.73. The van der Waals surface area contributed by atoms with E-state index in [0.29, 0.717) is 11.5 Å². The quantitative estimate of drug-likeness (QED) is 0.171. The molecule has 2 nitrogen and oxygen atoms in total. The maximum absolute atomic E-state index is 4.97. The molecule has 1 heterocycles. The molecule has 0 fully saturated rings. The lowest BCUT2D eigenvalue weighted by Gasteiger charge is -2.08. The summed E-state index contributed by atoms with van der Waals surface area (Å²) in [7, 11) is 0. The van der Waals surface area contributed by atoms with Crippen molar-refractivity contribution in [1.29, 1.82) is 0 Å². The Kier molecular flexibility index (Phi) is 6.03. The molecule has 0 spiro atoms. The Morgan fingerprint density at radius 2 is 1.45 bits per heavy atom. The van der Waals surface area contributed by atoms with Gasteiger partial charge in [-0.05, 0) is 36.8 Å². The lowest BCUT2D eigenvalue weighted by atomic mass is 10.0. The number of fused-ring (bicyclic) bond motifs is 3. The van der Waals surface area contributed by atoms with Crippen LogP contribution in [0.4, 0.5) is 0 Å². The van der Waals surface area contributed by atoms with Crippen LogP contribution in [0.3, 0.4) is 0 Å². The van der Waals surface area contributed by atoms with E-state index in [4.69, 9.17) is 9.98 Å². The average molecular weight is 509 g/mol. The molecule has 0 saturated heterocycles. The van der Waals surface area contributed by atoms with E-state index in [-0.39, 0.29) is 0 Å². The molecule has 0 N–H and O–H groups in total. The Morgan fingerprint density at radius 1 is 0.758 bits per heavy atom. The average Bonchev–Trinajstić information content (AvgIpc) is 3.22. The van der Waals surface area contributed by atoms with Crippen LogP contribution in [-0.4, -0.2) is 11.5 Å². The number of halogens is 1. The highest BCUT2D eigenvalue weighted by molar-refractivity contribution is 9.10. The fourth-order valence-electron chi connectivity index (χ4n) is 3.87. The fourth-order valence-corrected chi connectivity index (χ4v) is 5.35. The topological polar surface area (TPSA) is 24.7 Å². The summed E-state index contributed by atoms with van der Waals surface area (Å²) >= 11 is 5.41. The largest absolute Gasteiger partial charge is 0.233 e. The lowest BCUT2D eigenvalue weighted by Crippen LogP contribution is -2.04. The summed E-state index contributed by atoms with van der Waals surface area (Å²) in [5.41, 5.74) is 4.66. The van der Waals surface area contributed by atoms with Crippen LogP contribution in [0, 0.1) is 0 Å². The number of hydrogen-bond donors (Lipinski definition) is 0. The predicted octanol–water partition coefficient (Wildman–Crippen LogP) is 8.74. The highest BCUT2D eigenvalue weighted by Gasteiger charge is 2.13. The SMILES string of the molecule is C=C(/N=C(\N=C(/C)c1ccccc1)c1ccccc1)c1cccc2sc3ccc(Br)cc3c12. The van der Waals surface area contributed by atoms with E-state index in [2.05, 4.69) is 71.0 Å². The van der Waals surface area contributed by atoms with Gasteiger partial charge in [-0.25, -0.2) is 9.98 Å². The molecular formula is C29H21BrN2S. The molecule has 0 saturated carbocycles. The van der Waals surface area contributed by atoms with E-state index in [1.165, 1.54) is 20.2 Å². The first-order valence-corrected chi connectivity index (χ1v) is 12.3. The first-order valence-electron chi connectivity index (χ1n) is 10.6. The molecule has 0 radical (unpaired) electrons. The zero-order valence-electron chi connectivity index (χ0n) is 18.1. The van der Waals surface area contributed by atoms with E-state index < -0.39 is 0 Å². The molecule has 4 aromatic carbocycles. The van der Waals surface area contributed by atoms with Crippen molar-refractivity contribution < 1.29 is 0 Å². The summed E-state index contributed by atoms with van der Waals surface area (Å²) in [6.07, 6.45) is 0. The van der Waals surface area contributed by atoms with Gasteiger partial charge in [0.2, 0.25) is 0 Å². The van der Waals surface area contributed by atoms with Gasteiger partial charge in [0.25, 0.3) is 0 Å². The Morgan fingerprint density at radius 3 is 2.18 bits per heavy atom. The number of thiophene rings is 1. The summed E-state index contributed by atoms with van der Waals surface area (Å²) in [5.74, 6) is 0.652. The van der Waals surface area contributed by atoms with Crippen LogP contribution in [0.5, 0.6) is 0 Å². The summed E-state index contributed by atoms with van der Waals surface area (Å²) in [4.78, 5) is 9.90. The third-order valence-corrected chi connectivity index (χ3v) is 7.14. The van der Waals surface area contributed by atoms with Gasteiger partial charge in [0.15, 0.2) is 5.84 Å². The maximum Gasteiger partial charge on any atom is 0.160 e. The highest BCUT2D eigenvalue weighted by atomic mass is 79.9. The van der Waals surface area contributed by atoms with Crippen LogP contribution >= 0.6 is 27.3 Å². The molecule has 0 aliphatic carbocycles. The van der Waals surface area contributed by atoms with Crippen molar-refractivity contribution in [3.63, 3.8) is 0 Å². The summed E-state index contributed by atoms with van der Waals surface area (Å²) in [5, 5.41) is 2.39. The van der Waals surface area contributed by atoms with E-state index >= 15 is 0 Å². The molecule has 0 amide bonds. The maximum atomic E-state index is 4.97. The van der Waals surface area contributed by atoms with Gasteiger partial charge in [0, 0.05) is 41.5 Å². The minimum atomic E-state index is 0.652. The Labute approximate surface area is 205 Å². The Bertz CT molecular complexity index is 1530. The van der Waals surface area contributed by atoms with Crippen molar-refractivity contribution in [2.45, 2.75) is 6.92 Å². The van der Waals surface area contributed by atoms with Gasteiger partial charge < -0.3 is 0 Å². The minimum absolute atomic E-state index is 0.652. The van der Waals surface area contributed by atoms with Gasteiger partial charge in [-0.3, -0.25) is 0 Å². The molecule has 160 valence electrons. The number of nitrogens with zero attached hydrogens (tertiary/aromatic N) is 2. The number of rotatable bonds is 4. The monoisotopic (exact) mass is 508 g/mol. The summed E-state index contributed by atoms with van der Waals surface area (Å²) in [6.45, 7) is 6.38. The van der Waals surface area contributed by atoms with Gasteiger partial charge in [-0.2, -0.15) is 0 Å². The van der Waals surface area contributed by atoms with E-state index in [1.807, 2.05) is 55.5 Å². The first-order chi connectivity index (χ1) is 16.1. The van der Waals surface area contributed by atoms with Crippen molar-refractivity contribution in [3.8, 4) is 0 Å². The van der Waals surface area contributed by atoms with Gasteiger partial charge in [-0.1, -0.05) is 95.3 Å². The third kappa shape index (κ3) is 4.45. The van der Waals surface area contributed by atoms with Crippen LogP contribution in [0.15, 0.2) is 118 Å². The van der Waals surface area contributed by atoms with E-state index in [1.54, 1.807) is 11.3 Å². The zero-order chi connectivity index (χ0) is 22.8. The lowest BCUT2D eigenvalue weighted by molar-refractivity contribution is 1.45. The van der Waals surface area contributed by atoms with E-state index in [0.717, 1.165) is 26.9 Å². The van der Waals surface area contributed by atoms with Crippen molar-refractivity contribution in [2.24, 2.45) is 9.98 Å². The molecule has 1 aromatic heterocycles. The number of benzene rings is 4. The van der Waals surface area contributed by atoms with Gasteiger partial charge in [0.05, 0.1) is 5.70 Å². The number of hydrogen-bond acceptors (Lipinski definition) is 2. The van der Waals surface area contributed by atoms with Crippen LogP contribution in [0.2, 0.25) is 0 Å². The second-order valence-corrected chi connectivity index (χ2v) is 9.73. The van der Waals surface area contributed by atoms with Crippen LogP contribution in [0.1, 0.15) is 23.6 Å². The van der Waals surface area contributed by atoms with Crippen LogP contribution in [0.25, 0.3) is 25.9 Å². The summed E-state index contributed by atoms with van der Waals surface area (Å²) < 4.78 is 3.53.